The number of benzene rings is 2. The fraction of sp³-hybridized carbons (Fsp3) is 0.316. The molecule has 27 heavy (non-hydrogen) atoms. The summed E-state index contributed by atoms with van der Waals surface area (Å²) in [4.78, 5) is 0. The topological polar surface area (TPSA) is 73.2 Å². The fourth-order valence-electron chi connectivity index (χ4n) is 2.88. The summed E-state index contributed by atoms with van der Waals surface area (Å²) in [5.41, 5.74) is 1.64. The van der Waals surface area contributed by atoms with E-state index in [9.17, 15) is 12.8 Å². The Kier molecular flexibility index (Phi) is 4.61. The first-order valence-corrected chi connectivity index (χ1v) is 10.4. The molecule has 1 fully saturated rings. The lowest BCUT2D eigenvalue weighted by atomic mass is 10.2. The summed E-state index contributed by atoms with van der Waals surface area (Å²) in [5, 5.41) is 5.00. The van der Waals surface area contributed by atoms with Crippen LogP contribution in [0.25, 0.3) is 16.6 Å². The van der Waals surface area contributed by atoms with E-state index in [1.54, 1.807) is 23.0 Å². The summed E-state index contributed by atoms with van der Waals surface area (Å²) >= 11 is 0. The van der Waals surface area contributed by atoms with Crippen LogP contribution in [0.4, 0.5) is 4.39 Å². The third-order valence-electron chi connectivity index (χ3n) is 4.48. The van der Waals surface area contributed by atoms with Crippen molar-refractivity contribution < 1.29 is 17.5 Å². The van der Waals surface area contributed by atoms with Gasteiger partial charge in [-0.3, -0.25) is 0 Å². The molecule has 0 spiro atoms. The van der Waals surface area contributed by atoms with E-state index in [4.69, 9.17) is 4.74 Å². The standard InChI is InChI=1S/C19H20FN3O3S/c1-13(11-22-27(24,25)18-7-8-18)26-17-6-9-19-14(10-17)12-21-23(19)16-4-2-15(20)3-5-16/h2-6,9-10,12-13,18,22H,7-8,11H2,1H3/t13-/m1/s1. The number of halogens is 1. The molecular formula is C19H20FN3O3S. The van der Waals surface area contributed by atoms with Crippen molar-refractivity contribution in [1.82, 2.24) is 14.5 Å². The first-order valence-electron chi connectivity index (χ1n) is 8.81. The van der Waals surface area contributed by atoms with Crippen molar-refractivity contribution in [2.45, 2.75) is 31.1 Å². The zero-order chi connectivity index (χ0) is 19.0. The minimum Gasteiger partial charge on any atom is -0.489 e. The molecule has 0 amide bonds. The molecule has 4 rings (SSSR count). The third-order valence-corrected chi connectivity index (χ3v) is 6.40. The lowest BCUT2D eigenvalue weighted by molar-refractivity contribution is 0.225. The van der Waals surface area contributed by atoms with Gasteiger partial charge < -0.3 is 4.74 Å². The summed E-state index contributed by atoms with van der Waals surface area (Å²) in [6, 6.07) is 11.7. The van der Waals surface area contributed by atoms with Gasteiger partial charge in [0.15, 0.2) is 0 Å². The number of nitrogens with zero attached hydrogens (tertiary/aromatic N) is 2. The summed E-state index contributed by atoms with van der Waals surface area (Å²) < 4.78 is 47.0. The maximum atomic E-state index is 13.1. The molecule has 1 N–H and O–H groups in total. The smallest absolute Gasteiger partial charge is 0.214 e. The maximum absolute atomic E-state index is 13.1. The van der Waals surface area contributed by atoms with E-state index < -0.39 is 10.0 Å². The van der Waals surface area contributed by atoms with Crippen LogP contribution in [0.1, 0.15) is 19.8 Å². The van der Waals surface area contributed by atoms with Gasteiger partial charge in [0.05, 0.1) is 22.7 Å². The molecule has 2 aromatic carbocycles. The monoisotopic (exact) mass is 389 g/mol. The van der Waals surface area contributed by atoms with E-state index in [2.05, 4.69) is 9.82 Å². The van der Waals surface area contributed by atoms with Crippen molar-refractivity contribution in [3.63, 3.8) is 0 Å². The molecule has 1 saturated carbocycles. The molecule has 6 nitrogen and oxygen atoms in total. The average Bonchev–Trinajstić information content (AvgIpc) is 3.43. The number of nitrogens with one attached hydrogen (secondary N) is 1. The highest BCUT2D eigenvalue weighted by Gasteiger charge is 2.35. The normalized spacial score (nSPS) is 15.8. The number of hydrogen-bond donors (Lipinski definition) is 1. The van der Waals surface area contributed by atoms with Gasteiger partial charge in [0.25, 0.3) is 0 Å². The van der Waals surface area contributed by atoms with Crippen molar-refractivity contribution in [3.05, 3.63) is 54.5 Å². The Morgan fingerprint density at radius 1 is 1.26 bits per heavy atom. The van der Waals surface area contributed by atoms with Crippen molar-refractivity contribution in [2.24, 2.45) is 0 Å². The Balaban J connectivity index is 1.46. The summed E-state index contributed by atoms with van der Waals surface area (Å²) in [7, 11) is -3.21. The SMILES string of the molecule is C[C@H](CNS(=O)(=O)C1CC1)Oc1ccc2c(cnn2-c2ccc(F)cc2)c1. The third kappa shape index (κ3) is 3.96. The van der Waals surface area contributed by atoms with E-state index in [0.29, 0.717) is 5.75 Å². The van der Waals surface area contributed by atoms with Crippen LogP contribution in [0.2, 0.25) is 0 Å². The Labute approximate surface area is 157 Å². The lowest BCUT2D eigenvalue weighted by Gasteiger charge is -2.15. The Hall–Kier alpha value is -2.45. The first-order chi connectivity index (χ1) is 12.9. The van der Waals surface area contributed by atoms with Gasteiger partial charge in [-0.1, -0.05) is 0 Å². The predicted octanol–water partition coefficient (Wildman–Crippen LogP) is 3.01. The van der Waals surface area contributed by atoms with Gasteiger partial charge in [0.1, 0.15) is 17.7 Å². The lowest BCUT2D eigenvalue weighted by Crippen LogP contribution is -2.35. The molecule has 1 heterocycles. The number of aromatic nitrogens is 2. The Morgan fingerprint density at radius 3 is 2.70 bits per heavy atom. The molecule has 1 aliphatic carbocycles. The van der Waals surface area contributed by atoms with Gasteiger partial charge in [-0.2, -0.15) is 5.10 Å². The maximum Gasteiger partial charge on any atom is 0.214 e. The van der Waals surface area contributed by atoms with Crippen LogP contribution in [0.5, 0.6) is 5.75 Å². The van der Waals surface area contributed by atoms with E-state index in [1.165, 1.54) is 12.1 Å². The minimum absolute atomic E-state index is 0.228. The summed E-state index contributed by atoms with van der Waals surface area (Å²) in [6.45, 7) is 2.05. The molecule has 3 aromatic rings. The zero-order valence-corrected chi connectivity index (χ0v) is 15.6. The quantitative estimate of drug-likeness (QED) is 0.674. The molecule has 0 unspecified atom stereocenters. The van der Waals surface area contributed by atoms with Crippen molar-refractivity contribution in [2.75, 3.05) is 6.54 Å². The molecule has 142 valence electrons. The van der Waals surface area contributed by atoms with E-state index in [0.717, 1.165) is 29.4 Å². The second-order valence-electron chi connectivity index (χ2n) is 6.77. The second kappa shape index (κ2) is 6.94. The van der Waals surface area contributed by atoms with Crippen LogP contribution < -0.4 is 9.46 Å². The van der Waals surface area contributed by atoms with E-state index in [-0.39, 0.29) is 23.7 Å². The van der Waals surface area contributed by atoms with Crippen LogP contribution in [0.3, 0.4) is 0 Å². The Morgan fingerprint density at radius 2 is 2.00 bits per heavy atom. The molecule has 0 radical (unpaired) electrons. The molecule has 0 bridgehead atoms. The zero-order valence-electron chi connectivity index (χ0n) is 14.8. The van der Waals surface area contributed by atoms with Crippen LogP contribution >= 0.6 is 0 Å². The van der Waals surface area contributed by atoms with Crippen molar-refractivity contribution in [1.29, 1.82) is 0 Å². The molecule has 1 aromatic heterocycles. The highest BCUT2D eigenvalue weighted by Crippen LogP contribution is 2.27. The molecular weight excluding hydrogens is 369 g/mol. The van der Waals surface area contributed by atoms with Crippen LogP contribution in [-0.4, -0.2) is 36.1 Å². The predicted molar refractivity (Wildman–Crippen MR) is 101 cm³/mol. The Bertz CT molecular complexity index is 1060. The molecule has 0 saturated heterocycles. The van der Waals surface area contributed by atoms with Crippen LogP contribution in [0, 0.1) is 5.82 Å². The number of hydrogen-bond acceptors (Lipinski definition) is 4. The van der Waals surface area contributed by atoms with Gasteiger partial charge in [0, 0.05) is 11.9 Å². The number of ether oxygens (including phenoxy) is 1. The van der Waals surface area contributed by atoms with Crippen LogP contribution in [-0.2, 0) is 10.0 Å². The second-order valence-corrected chi connectivity index (χ2v) is 8.82. The van der Waals surface area contributed by atoms with Gasteiger partial charge in [-0.05, 0) is 62.2 Å². The molecule has 8 heteroatoms. The molecule has 1 aliphatic rings. The highest BCUT2D eigenvalue weighted by molar-refractivity contribution is 7.90. The number of sulfonamides is 1. The average molecular weight is 389 g/mol. The van der Waals surface area contributed by atoms with Crippen molar-refractivity contribution in [3.8, 4) is 11.4 Å². The number of rotatable bonds is 7. The fourth-order valence-corrected chi connectivity index (χ4v) is 4.34. The van der Waals surface area contributed by atoms with Crippen LogP contribution in [0.15, 0.2) is 48.7 Å². The number of fused-ring (bicyclic) bond motifs is 1. The largest absolute Gasteiger partial charge is 0.489 e. The minimum atomic E-state index is -3.21. The van der Waals surface area contributed by atoms with Gasteiger partial charge in [-0.15, -0.1) is 0 Å². The van der Waals surface area contributed by atoms with E-state index in [1.807, 2.05) is 25.1 Å². The van der Waals surface area contributed by atoms with Gasteiger partial charge in [-0.25, -0.2) is 22.2 Å². The first kappa shape index (κ1) is 17.9. The summed E-state index contributed by atoms with van der Waals surface area (Å²) in [6.07, 6.45) is 2.88. The van der Waals surface area contributed by atoms with Gasteiger partial charge in [0.2, 0.25) is 10.0 Å². The summed E-state index contributed by atoms with van der Waals surface area (Å²) in [5.74, 6) is 0.344. The van der Waals surface area contributed by atoms with Crippen molar-refractivity contribution >= 4 is 20.9 Å². The van der Waals surface area contributed by atoms with E-state index >= 15 is 0 Å². The molecule has 0 aliphatic heterocycles. The highest BCUT2D eigenvalue weighted by atomic mass is 32.2. The van der Waals surface area contributed by atoms with Gasteiger partial charge >= 0.3 is 0 Å². The molecule has 1 atom stereocenters.